The van der Waals surface area contributed by atoms with Gasteiger partial charge in [0.1, 0.15) is 17.2 Å². The third kappa shape index (κ3) is 2.61. The molecule has 1 aromatic heterocycles. The van der Waals surface area contributed by atoms with Crippen LogP contribution >= 0.6 is 0 Å². The maximum absolute atomic E-state index is 13.1. The first-order chi connectivity index (χ1) is 9.98. The SMILES string of the molecule is CNc1ccc2c(c1)OC(C)(C)C=C2c1ccc(F)cn1. The Hall–Kier alpha value is -2.36. The fourth-order valence-corrected chi connectivity index (χ4v) is 2.47. The molecule has 1 aliphatic heterocycles. The van der Waals surface area contributed by atoms with Gasteiger partial charge in [-0.2, -0.15) is 0 Å². The van der Waals surface area contributed by atoms with Crippen LogP contribution in [0.1, 0.15) is 25.1 Å². The van der Waals surface area contributed by atoms with Gasteiger partial charge in [0.05, 0.1) is 11.9 Å². The molecule has 3 rings (SSSR count). The van der Waals surface area contributed by atoms with Gasteiger partial charge in [-0.1, -0.05) is 0 Å². The molecule has 0 spiro atoms. The molecule has 21 heavy (non-hydrogen) atoms. The highest BCUT2D eigenvalue weighted by molar-refractivity contribution is 5.84. The molecule has 0 atom stereocenters. The van der Waals surface area contributed by atoms with Crippen LogP contribution in [0.3, 0.4) is 0 Å². The molecule has 1 aromatic carbocycles. The number of anilines is 1. The summed E-state index contributed by atoms with van der Waals surface area (Å²) in [6.45, 7) is 3.98. The topological polar surface area (TPSA) is 34.1 Å². The van der Waals surface area contributed by atoms with Crippen molar-refractivity contribution in [2.75, 3.05) is 12.4 Å². The van der Waals surface area contributed by atoms with Gasteiger partial charge in [0, 0.05) is 29.9 Å². The Labute approximate surface area is 123 Å². The number of nitrogens with zero attached hydrogens (tertiary/aromatic N) is 1. The summed E-state index contributed by atoms with van der Waals surface area (Å²) in [5.74, 6) is 0.465. The van der Waals surface area contributed by atoms with E-state index >= 15 is 0 Å². The highest BCUT2D eigenvalue weighted by atomic mass is 19.1. The number of rotatable bonds is 2. The molecule has 1 N–H and O–H groups in total. The minimum atomic E-state index is -0.440. The Morgan fingerprint density at radius 3 is 2.67 bits per heavy atom. The molecule has 0 saturated heterocycles. The second-order valence-electron chi connectivity index (χ2n) is 5.59. The van der Waals surface area contributed by atoms with E-state index < -0.39 is 5.60 Å². The predicted octanol–water partition coefficient (Wildman–Crippen LogP) is 3.87. The summed E-state index contributed by atoms with van der Waals surface area (Å²) in [5.41, 5.74) is 3.21. The summed E-state index contributed by atoms with van der Waals surface area (Å²) in [6.07, 6.45) is 3.26. The fourth-order valence-electron chi connectivity index (χ4n) is 2.47. The second kappa shape index (κ2) is 4.88. The van der Waals surface area contributed by atoms with Crippen LogP contribution in [-0.4, -0.2) is 17.6 Å². The number of fused-ring (bicyclic) bond motifs is 1. The average Bonchev–Trinajstić information content (AvgIpc) is 2.45. The van der Waals surface area contributed by atoms with Crippen LogP contribution in [0.4, 0.5) is 10.1 Å². The molecule has 2 aromatic rings. The molecule has 2 heterocycles. The van der Waals surface area contributed by atoms with Crippen molar-refractivity contribution in [3.05, 3.63) is 59.7 Å². The van der Waals surface area contributed by atoms with E-state index in [0.717, 1.165) is 28.3 Å². The maximum Gasteiger partial charge on any atom is 0.141 e. The minimum absolute atomic E-state index is 0.337. The highest BCUT2D eigenvalue weighted by Gasteiger charge is 2.27. The summed E-state index contributed by atoms with van der Waals surface area (Å²) in [6, 6.07) is 9.06. The lowest BCUT2D eigenvalue weighted by molar-refractivity contribution is 0.158. The lowest BCUT2D eigenvalue weighted by atomic mass is 9.92. The Bertz CT molecular complexity index is 705. The highest BCUT2D eigenvalue weighted by Crippen LogP contribution is 2.40. The van der Waals surface area contributed by atoms with Crippen molar-refractivity contribution < 1.29 is 9.13 Å². The van der Waals surface area contributed by atoms with E-state index in [9.17, 15) is 4.39 Å². The van der Waals surface area contributed by atoms with Crippen molar-refractivity contribution in [3.8, 4) is 5.75 Å². The number of hydrogen-bond acceptors (Lipinski definition) is 3. The quantitative estimate of drug-likeness (QED) is 0.909. The normalized spacial score (nSPS) is 15.7. The summed E-state index contributed by atoms with van der Waals surface area (Å²) in [7, 11) is 1.87. The molecule has 0 saturated carbocycles. The van der Waals surface area contributed by atoms with E-state index in [1.807, 2.05) is 45.2 Å². The van der Waals surface area contributed by atoms with Crippen LogP contribution < -0.4 is 10.1 Å². The van der Waals surface area contributed by atoms with Gasteiger partial charge in [0.2, 0.25) is 0 Å². The van der Waals surface area contributed by atoms with Gasteiger partial charge in [-0.25, -0.2) is 4.39 Å². The Kier molecular flexibility index (Phi) is 3.16. The van der Waals surface area contributed by atoms with Crippen LogP contribution in [0.2, 0.25) is 0 Å². The molecule has 4 heteroatoms. The van der Waals surface area contributed by atoms with E-state index in [0.29, 0.717) is 0 Å². The number of halogens is 1. The van der Waals surface area contributed by atoms with Crippen molar-refractivity contribution in [1.29, 1.82) is 0 Å². The molecule has 3 nitrogen and oxygen atoms in total. The number of ether oxygens (including phenoxy) is 1. The Morgan fingerprint density at radius 2 is 2.00 bits per heavy atom. The molecular weight excluding hydrogens is 267 g/mol. The first-order valence-electron chi connectivity index (χ1n) is 6.84. The third-order valence-corrected chi connectivity index (χ3v) is 3.43. The Balaban J connectivity index is 2.15. The smallest absolute Gasteiger partial charge is 0.141 e. The first-order valence-corrected chi connectivity index (χ1v) is 6.84. The minimum Gasteiger partial charge on any atom is -0.483 e. The van der Waals surface area contributed by atoms with Gasteiger partial charge in [-0.15, -0.1) is 0 Å². The van der Waals surface area contributed by atoms with Crippen LogP contribution in [0.15, 0.2) is 42.6 Å². The number of aromatic nitrogens is 1. The van der Waals surface area contributed by atoms with E-state index in [1.54, 1.807) is 6.07 Å². The van der Waals surface area contributed by atoms with Crippen molar-refractivity contribution >= 4 is 11.3 Å². The molecule has 1 aliphatic rings. The largest absolute Gasteiger partial charge is 0.483 e. The maximum atomic E-state index is 13.1. The zero-order chi connectivity index (χ0) is 15.0. The van der Waals surface area contributed by atoms with Gasteiger partial charge >= 0.3 is 0 Å². The average molecular weight is 284 g/mol. The van der Waals surface area contributed by atoms with Gasteiger partial charge in [0.25, 0.3) is 0 Å². The van der Waals surface area contributed by atoms with Crippen molar-refractivity contribution in [2.24, 2.45) is 0 Å². The van der Waals surface area contributed by atoms with Gasteiger partial charge in [-0.05, 0) is 44.2 Å². The van der Waals surface area contributed by atoms with Crippen LogP contribution in [0, 0.1) is 5.82 Å². The molecule has 0 aliphatic carbocycles. The lowest BCUT2D eigenvalue weighted by Gasteiger charge is -2.31. The summed E-state index contributed by atoms with van der Waals surface area (Å²) >= 11 is 0. The third-order valence-electron chi connectivity index (χ3n) is 3.43. The number of hydrogen-bond donors (Lipinski definition) is 1. The molecule has 0 amide bonds. The van der Waals surface area contributed by atoms with Gasteiger partial charge in [0.15, 0.2) is 0 Å². The van der Waals surface area contributed by atoms with Crippen molar-refractivity contribution in [3.63, 3.8) is 0 Å². The van der Waals surface area contributed by atoms with E-state index in [2.05, 4.69) is 10.3 Å². The van der Waals surface area contributed by atoms with Crippen LogP contribution in [-0.2, 0) is 0 Å². The van der Waals surface area contributed by atoms with E-state index in [-0.39, 0.29) is 5.82 Å². The Morgan fingerprint density at radius 1 is 1.19 bits per heavy atom. The number of benzene rings is 1. The standard InChI is InChI=1S/C17H17FN2O/c1-17(2)9-14(15-7-4-11(18)10-20-15)13-6-5-12(19-3)8-16(13)21-17/h4-10,19H,1-3H3. The summed E-state index contributed by atoms with van der Waals surface area (Å²) in [5, 5.41) is 3.10. The molecule has 0 unspecified atom stereocenters. The van der Waals surface area contributed by atoms with Gasteiger partial charge < -0.3 is 10.1 Å². The van der Waals surface area contributed by atoms with Crippen molar-refractivity contribution in [2.45, 2.75) is 19.4 Å². The molecule has 0 fully saturated rings. The van der Waals surface area contributed by atoms with Crippen LogP contribution in [0.25, 0.3) is 5.57 Å². The molecule has 108 valence electrons. The van der Waals surface area contributed by atoms with Crippen molar-refractivity contribution in [1.82, 2.24) is 4.98 Å². The van der Waals surface area contributed by atoms with E-state index in [1.165, 1.54) is 12.3 Å². The fraction of sp³-hybridized carbons (Fsp3) is 0.235. The number of nitrogens with one attached hydrogen (secondary N) is 1. The predicted molar refractivity (Wildman–Crippen MR) is 82.0 cm³/mol. The lowest BCUT2D eigenvalue weighted by Crippen LogP contribution is -2.29. The van der Waals surface area contributed by atoms with E-state index in [4.69, 9.17) is 4.74 Å². The molecular formula is C17H17FN2O. The summed E-state index contributed by atoms with van der Waals surface area (Å²) in [4.78, 5) is 4.19. The van der Waals surface area contributed by atoms with Gasteiger partial charge in [-0.3, -0.25) is 4.98 Å². The molecule has 0 bridgehead atoms. The summed E-state index contributed by atoms with van der Waals surface area (Å²) < 4.78 is 19.1. The zero-order valence-electron chi connectivity index (χ0n) is 12.3. The first kappa shape index (κ1) is 13.6. The second-order valence-corrected chi connectivity index (χ2v) is 5.59. The number of pyridine rings is 1. The van der Waals surface area contributed by atoms with Crippen LogP contribution in [0.5, 0.6) is 5.75 Å². The zero-order valence-corrected chi connectivity index (χ0v) is 12.3. The molecule has 0 radical (unpaired) electrons. The monoisotopic (exact) mass is 284 g/mol.